The Morgan fingerprint density at radius 2 is 2.00 bits per heavy atom. The predicted octanol–water partition coefficient (Wildman–Crippen LogP) is 3.12. The average molecular weight is 342 g/mol. The van der Waals surface area contributed by atoms with Crippen molar-refractivity contribution in [3.8, 4) is 0 Å². The molecule has 0 aromatic carbocycles. The van der Waals surface area contributed by atoms with Crippen LogP contribution in [0.2, 0.25) is 0 Å². The van der Waals surface area contributed by atoms with Crippen LogP contribution >= 0.6 is 11.3 Å². The van der Waals surface area contributed by atoms with Gasteiger partial charge in [0.2, 0.25) is 11.9 Å². The minimum absolute atomic E-state index is 0.0572. The summed E-state index contributed by atoms with van der Waals surface area (Å²) in [6, 6.07) is 4.25. The van der Waals surface area contributed by atoms with Gasteiger partial charge in [0, 0.05) is 32.0 Å². The van der Waals surface area contributed by atoms with Gasteiger partial charge in [0.1, 0.15) is 0 Å². The highest BCUT2D eigenvalue weighted by molar-refractivity contribution is 7.07. The first-order valence-electron chi connectivity index (χ1n) is 8.67. The van der Waals surface area contributed by atoms with Crippen LogP contribution in [0.4, 0.5) is 5.95 Å². The summed E-state index contributed by atoms with van der Waals surface area (Å²) >= 11 is 1.71. The number of thiophene rings is 1. The van der Waals surface area contributed by atoms with E-state index >= 15 is 0 Å². The fraction of sp³-hybridized carbons (Fsp3) is 0.500. The molecule has 2 aromatic rings. The van der Waals surface area contributed by atoms with Gasteiger partial charge in [-0.05, 0) is 54.1 Å². The van der Waals surface area contributed by atoms with Crippen molar-refractivity contribution < 1.29 is 4.79 Å². The third-order valence-corrected chi connectivity index (χ3v) is 5.77. The third kappa shape index (κ3) is 3.02. The van der Waals surface area contributed by atoms with Crippen molar-refractivity contribution in [3.63, 3.8) is 0 Å². The highest BCUT2D eigenvalue weighted by Gasteiger charge is 2.36. The zero-order valence-electron chi connectivity index (χ0n) is 13.7. The molecule has 2 fully saturated rings. The Morgan fingerprint density at radius 1 is 1.17 bits per heavy atom. The van der Waals surface area contributed by atoms with Crippen LogP contribution in [0.3, 0.4) is 0 Å². The summed E-state index contributed by atoms with van der Waals surface area (Å²) in [7, 11) is 0. The zero-order chi connectivity index (χ0) is 16.4. The monoisotopic (exact) mass is 342 g/mol. The number of anilines is 1. The van der Waals surface area contributed by atoms with E-state index in [2.05, 4.69) is 36.6 Å². The zero-order valence-corrected chi connectivity index (χ0v) is 14.5. The van der Waals surface area contributed by atoms with E-state index < -0.39 is 0 Å². The molecule has 4 rings (SSSR count). The van der Waals surface area contributed by atoms with Crippen LogP contribution < -0.4 is 4.90 Å². The quantitative estimate of drug-likeness (QED) is 0.860. The molecule has 24 heavy (non-hydrogen) atoms. The first kappa shape index (κ1) is 15.6. The van der Waals surface area contributed by atoms with Crippen LogP contribution in [0.15, 0.2) is 35.3 Å². The van der Waals surface area contributed by atoms with Crippen molar-refractivity contribution in [1.29, 1.82) is 0 Å². The Hall–Kier alpha value is -1.95. The van der Waals surface area contributed by atoms with Gasteiger partial charge < -0.3 is 9.80 Å². The second-order valence-electron chi connectivity index (χ2n) is 6.58. The number of aromatic nitrogens is 2. The van der Waals surface area contributed by atoms with Gasteiger partial charge >= 0.3 is 0 Å². The average Bonchev–Trinajstić information content (AvgIpc) is 3.33. The number of likely N-dealkylation sites (tertiary alicyclic amines) is 1. The molecule has 2 aromatic heterocycles. The standard InChI is InChI=1S/C18H22N4OS/c23-17(22-10-2-5-16(22)15-6-11-24-13-15)14-4-1-9-21(12-14)18-19-7-3-8-20-18/h3,6-8,11,13-14,16H,1-2,4-5,9-10,12H2/t14-,16-/m0/s1. The lowest BCUT2D eigenvalue weighted by molar-refractivity contribution is -0.136. The first-order chi connectivity index (χ1) is 11.8. The number of rotatable bonds is 3. The number of hydrogen-bond acceptors (Lipinski definition) is 5. The molecular weight excluding hydrogens is 320 g/mol. The molecule has 2 atom stereocenters. The van der Waals surface area contributed by atoms with E-state index in [4.69, 9.17) is 0 Å². The molecule has 2 aliphatic heterocycles. The van der Waals surface area contributed by atoms with E-state index in [1.54, 1.807) is 23.7 Å². The van der Waals surface area contributed by atoms with Gasteiger partial charge in [0.15, 0.2) is 0 Å². The summed E-state index contributed by atoms with van der Waals surface area (Å²) in [5.41, 5.74) is 1.30. The van der Waals surface area contributed by atoms with Crippen molar-refractivity contribution in [2.45, 2.75) is 31.7 Å². The Kier molecular flexibility index (Phi) is 4.47. The molecule has 4 heterocycles. The second-order valence-corrected chi connectivity index (χ2v) is 7.36. The Balaban J connectivity index is 1.47. The Bertz CT molecular complexity index is 676. The molecule has 126 valence electrons. The number of carbonyl (C=O) groups is 1. The molecule has 0 aliphatic carbocycles. The van der Waals surface area contributed by atoms with E-state index in [9.17, 15) is 4.79 Å². The number of nitrogens with zero attached hydrogens (tertiary/aromatic N) is 4. The predicted molar refractivity (Wildman–Crippen MR) is 95.0 cm³/mol. The molecule has 1 amide bonds. The lowest BCUT2D eigenvalue weighted by atomic mass is 9.96. The molecule has 5 nitrogen and oxygen atoms in total. The lowest BCUT2D eigenvalue weighted by Gasteiger charge is -2.35. The van der Waals surface area contributed by atoms with Gasteiger partial charge in [-0.25, -0.2) is 9.97 Å². The van der Waals surface area contributed by atoms with Crippen molar-refractivity contribution in [1.82, 2.24) is 14.9 Å². The Labute approximate surface area is 146 Å². The van der Waals surface area contributed by atoms with Crippen LogP contribution in [-0.4, -0.2) is 40.4 Å². The number of piperidine rings is 1. The second kappa shape index (κ2) is 6.89. The molecule has 0 radical (unpaired) electrons. The molecule has 0 bridgehead atoms. The van der Waals surface area contributed by atoms with Gasteiger partial charge in [-0.1, -0.05) is 0 Å². The SMILES string of the molecule is O=C([C@H]1CCCN(c2ncccn2)C1)N1CCC[C@H]1c1ccsc1. The molecule has 0 N–H and O–H groups in total. The largest absolute Gasteiger partial charge is 0.340 e. The van der Waals surface area contributed by atoms with Gasteiger partial charge in [-0.2, -0.15) is 11.3 Å². The molecule has 2 aliphatic rings. The number of hydrogen-bond donors (Lipinski definition) is 0. The Morgan fingerprint density at radius 3 is 2.79 bits per heavy atom. The van der Waals surface area contributed by atoms with E-state index in [0.717, 1.165) is 51.3 Å². The number of amides is 1. The maximum atomic E-state index is 13.1. The van der Waals surface area contributed by atoms with Gasteiger partial charge in [0.05, 0.1) is 12.0 Å². The third-order valence-electron chi connectivity index (χ3n) is 5.07. The van der Waals surface area contributed by atoms with Gasteiger partial charge in [-0.3, -0.25) is 4.79 Å². The van der Waals surface area contributed by atoms with E-state index in [0.29, 0.717) is 5.91 Å². The van der Waals surface area contributed by atoms with Crippen molar-refractivity contribution >= 4 is 23.2 Å². The fourth-order valence-electron chi connectivity index (χ4n) is 3.89. The van der Waals surface area contributed by atoms with Crippen LogP contribution in [0.5, 0.6) is 0 Å². The highest BCUT2D eigenvalue weighted by Crippen LogP contribution is 2.35. The molecule has 0 unspecified atom stereocenters. The fourth-order valence-corrected chi connectivity index (χ4v) is 4.60. The summed E-state index contributed by atoms with van der Waals surface area (Å²) in [6.45, 7) is 2.55. The molecular formula is C18H22N4OS. The summed E-state index contributed by atoms with van der Waals surface area (Å²) in [5.74, 6) is 1.11. The summed E-state index contributed by atoms with van der Waals surface area (Å²) < 4.78 is 0. The van der Waals surface area contributed by atoms with E-state index in [-0.39, 0.29) is 12.0 Å². The molecule has 2 saturated heterocycles. The molecule has 0 saturated carbocycles. The number of carbonyl (C=O) groups excluding carboxylic acids is 1. The topological polar surface area (TPSA) is 49.3 Å². The minimum Gasteiger partial charge on any atom is -0.340 e. The maximum Gasteiger partial charge on any atom is 0.227 e. The first-order valence-corrected chi connectivity index (χ1v) is 9.62. The highest BCUT2D eigenvalue weighted by atomic mass is 32.1. The summed E-state index contributed by atoms with van der Waals surface area (Å²) in [5, 5.41) is 4.28. The van der Waals surface area contributed by atoms with Crippen LogP contribution in [0.25, 0.3) is 0 Å². The van der Waals surface area contributed by atoms with Crippen LogP contribution in [0, 0.1) is 5.92 Å². The van der Waals surface area contributed by atoms with Gasteiger partial charge in [-0.15, -0.1) is 0 Å². The maximum absolute atomic E-state index is 13.1. The van der Waals surface area contributed by atoms with E-state index in [1.165, 1.54) is 5.56 Å². The van der Waals surface area contributed by atoms with Crippen LogP contribution in [-0.2, 0) is 4.79 Å². The normalized spacial score (nSPS) is 24.3. The molecule has 0 spiro atoms. The van der Waals surface area contributed by atoms with Crippen LogP contribution in [0.1, 0.15) is 37.3 Å². The minimum atomic E-state index is 0.0572. The smallest absolute Gasteiger partial charge is 0.227 e. The van der Waals surface area contributed by atoms with Crippen molar-refractivity contribution in [2.24, 2.45) is 5.92 Å². The summed E-state index contributed by atoms with van der Waals surface area (Å²) in [6.07, 6.45) is 7.70. The van der Waals surface area contributed by atoms with Crippen molar-refractivity contribution in [3.05, 3.63) is 40.8 Å². The van der Waals surface area contributed by atoms with Gasteiger partial charge in [0.25, 0.3) is 0 Å². The lowest BCUT2D eigenvalue weighted by Crippen LogP contribution is -2.45. The molecule has 6 heteroatoms. The summed E-state index contributed by atoms with van der Waals surface area (Å²) in [4.78, 5) is 26.1. The van der Waals surface area contributed by atoms with Crippen molar-refractivity contribution in [2.75, 3.05) is 24.5 Å². The van der Waals surface area contributed by atoms with E-state index in [1.807, 2.05) is 6.07 Å².